The van der Waals surface area contributed by atoms with Gasteiger partial charge < -0.3 is 19.9 Å². The molecule has 0 radical (unpaired) electrons. The molecule has 1 aliphatic rings. The molecule has 1 aromatic carbocycles. The lowest BCUT2D eigenvalue weighted by molar-refractivity contribution is -0.116. The molecule has 1 atom stereocenters. The van der Waals surface area contributed by atoms with Crippen LogP contribution in [0.4, 0.5) is 5.69 Å². The van der Waals surface area contributed by atoms with Gasteiger partial charge in [-0.05, 0) is 29.1 Å². The van der Waals surface area contributed by atoms with Gasteiger partial charge in [-0.3, -0.25) is 4.79 Å². The summed E-state index contributed by atoms with van der Waals surface area (Å²) < 4.78 is 10.4. The summed E-state index contributed by atoms with van der Waals surface area (Å²) in [5.74, 6) is 0.575. The number of fused-ring (bicyclic) bond motifs is 1. The normalized spacial score (nSPS) is 17.0. The van der Waals surface area contributed by atoms with E-state index in [0.29, 0.717) is 17.9 Å². The maximum atomic E-state index is 11.9. The number of hydrogen-bond acceptors (Lipinski definition) is 5. The number of rotatable bonds is 3. The largest absolute Gasteiger partial charge is 0.502 e. The van der Waals surface area contributed by atoms with Crippen molar-refractivity contribution >= 4 is 22.9 Å². The number of benzene rings is 1. The fourth-order valence-corrected chi connectivity index (χ4v) is 3.54. The van der Waals surface area contributed by atoms with Crippen molar-refractivity contribution in [1.29, 1.82) is 0 Å². The van der Waals surface area contributed by atoms with E-state index >= 15 is 0 Å². The minimum Gasteiger partial charge on any atom is -0.502 e. The summed E-state index contributed by atoms with van der Waals surface area (Å²) in [6.45, 7) is 0. The lowest BCUT2D eigenvalue weighted by Gasteiger charge is -2.24. The molecule has 5 nitrogen and oxygen atoms in total. The number of carbonyl (C=O) groups is 1. The molecule has 110 valence electrons. The van der Waals surface area contributed by atoms with Crippen LogP contribution in [0.2, 0.25) is 0 Å². The standard InChI is InChI=1S/C15H15NO4S/c1-19-11-5-8(6-12(20-2)14(11)18)9-7-13(17)16-10-3-4-21-15(9)10/h3-6,9,18H,7H2,1-2H3,(H,16,17). The molecule has 0 saturated heterocycles. The predicted octanol–water partition coefficient (Wildman–Crippen LogP) is 2.95. The van der Waals surface area contributed by atoms with Crippen LogP contribution in [0.1, 0.15) is 22.8 Å². The Balaban J connectivity index is 2.11. The van der Waals surface area contributed by atoms with Crippen LogP contribution < -0.4 is 14.8 Å². The van der Waals surface area contributed by atoms with Crippen molar-refractivity contribution in [2.75, 3.05) is 19.5 Å². The number of methoxy groups -OCH3 is 2. The van der Waals surface area contributed by atoms with Crippen LogP contribution in [0.3, 0.4) is 0 Å². The maximum Gasteiger partial charge on any atom is 0.225 e. The Hall–Kier alpha value is -2.21. The molecule has 1 aliphatic heterocycles. The second-order valence-electron chi connectivity index (χ2n) is 4.78. The molecular formula is C15H15NO4S. The Morgan fingerprint density at radius 3 is 2.57 bits per heavy atom. The van der Waals surface area contributed by atoms with E-state index in [1.807, 2.05) is 11.4 Å². The zero-order chi connectivity index (χ0) is 15.0. The number of phenols is 1. The molecule has 21 heavy (non-hydrogen) atoms. The predicted molar refractivity (Wildman–Crippen MR) is 80.6 cm³/mol. The van der Waals surface area contributed by atoms with Crippen LogP contribution in [-0.2, 0) is 4.79 Å². The van der Waals surface area contributed by atoms with Crippen LogP contribution in [0.5, 0.6) is 17.2 Å². The molecule has 0 aliphatic carbocycles. The van der Waals surface area contributed by atoms with Crippen LogP contribution in [0.25, 0.3) is 0 Å². The first-order valence-electron chi connectivity index (χ1n) is 6.46. The minimum atomic E-state index is -0.0582. The average Bonchev–Trinajstić information content (AvgIpc) is 2.94. The third kappa shape index (κ3) is 2.31. The zero-order valence-corrected chi connectivity index (χ0v) is 12.5. The summed E-state index contributed by atoms with van der Waals surface area (Å²) in [5.41, 5.74) is 1.74. The lowest BCUT2D eigenvalue weighted by atomic mass is 9.90. The van der Waals surface area contributed by atoms with Crippen molar-refractivity contribution in [3.05, 3.63) is 34.0 Å². The highest BCUT2D eigenvalue weighted by atomic mass is 32.1. The lowest BCUT2D eigenvalue weighted by Crippen LogP contribution is -2.22. The van der Waals surface area contributed by atoms with Crippen LogP contribution in [0.15, 0.2) is 23.6 Å². The summed E-state index contributed by atoms with van der Waals surface area (Å²) in [4.78, 5) is 13.0. The number of hydrogen-bond donors (Lipinski definition) is 2. The first-order valence-corrected chi connectivity index (χ1v) is 7.34. The molecule has 0 fully saturated rings. The van der Waals surface area contributed by atoms with Gasteiger partial charge >= 0.3 is 0 Å². The van der Waals surface area contributed by atoms with Crippen molar-refractivity contribution in [1.82, 2.24) is 0 Å². The SMILES string of the molecule is COc1cc(C2CC(=O)Nc3ccsc32)cc(OC)c1O. The van der Waals surface area contributed by atoms with Gasteiger partial charge in [0, 0.05) is 17.2 Å². The molecule has 1 aromatic heterocycles. The highest BCUT2D eigenvalue weighted by Crippen LogP contribution is 2.45. The summed E-state index contributed by atoms with van der Waals surface area (Å²) in [6, 6.07) is 5.41. The van der Waals surface area contributed by atoms with Crippen molar-refractivity contribution in [3.63, 3.8) is 0 Å². The third-order valence-electron chi connectivity index (χ3n) is 3.58. The van der Waals surface area contributed by atoms with Crippen molar-refractivity contribution in [2.45, 2.75) is 12.3 Å². The summed E-state index contributed by atoms with van der Waals surface area (Å²) >= 11 is 1.60. The van der Waals surface area contributed by atoms with E-state index in [1.54, 1.807) is 23.5 Å². The third-order valence-corrected chi connectivity index (χ3v) is 4.61. The van der Waals surface area contributed by atoms with Gasteiger partial charge in [0.1, 0.15) is 0 Å². The van der Waals surface area contributed by atoms with E-state index in [1.165, 1.54) is 14.2 Å². The Bertz CT molecular complexity index is 670. The fourth-order valence-electron chi connectivity index (χ4n) is 2.56. The molecule has 0 saturated carbocycles. The van der Waals surface area contributed by atoms with Gasteiger partial charge in [0.2, 0.25) is 11.7 Å². The summed E-state index contributed by atoms with van der Waals surface area (Å²) in [5, 5.41) is 14.8. The molecule has 6 heteroatoms. The van der Waals surface area contributed by atoms with Crippen LogP contribution >= 0.6 is 11.3 Å². The molecule has 2 aromatic rings. The van der Waals surface area contributed by atoms with E-state index in [-0.39, 0.29) is 17.6 Å². The Kier molecular flexibility index (Phi) is 3.47. The van der Waals surface area contributed by atoms with E-state index in [2.05, 4.69) is 5.32 Å². The fraction of sp³-hybridized carbons (Fsp3) is 0.267. The number of nitrogens with one attached hydrogen (secondary N) is 1. The van der Waals surface area contributed by atoms with Gasteiger partial charge in [-0.2, -0.15) is 0 Å². The number of phenolic OH excluding ortho intramolecular Hbond substituents is 1. The molecule has 1 unspecified atom stereocenters. The monoisotopic (exact) mass is 305 g/mol. The summed E-state index contributed by atoms with van der Waals surface area (Å²) in [6.07, 6.45) is 0.366. The summed E-state index contributed by atoms with van der Waals surface area (Å²) in [7, 11) is 2.98. The topological polar surface area (TPSA) is 67.8 Å². The van der Waals surface area contributed by atoms with E-state index in [4.69, 9.17) is 9.47 Å². The Morgan fingerprint density at radius 2 is 1.95 bits per heavy atom. The van der Waals surface area contributed by atoms with Crippen molar-refractivity contribution in [3.8, 4) is 17.2 Å². The minimum absolute atomic E-state index is 0.0168. The molecule has 0 bridgehead atoms. The van der Waals surface area contributed by atoms with Gasteiger partial charge in [-0.25, -0.2) is 0 Å². The van der Waals surface area contributed by atoms with E-state index in [9.17, 15) is 9.90 Å². The first-order chi connectivity index (χ1) is 10.1. The number of aromatic hydroxyl groups is 1. The molecule has 1 amide bonds. The number of amides is 1. The molecule has 2 N–H and O–H groups in total. The molecule has 0 spiro atoms. The quantitative estimate of drug-likeness (QED) is 0.915. The number of carbonyl (C=O) groups excluding carboxylic acids is 1. The van der Waals surface area contributed by atoms with E-state index in [0.717, 1.165) is 16.1 Å². The first kappa shape index (κ1) is 13.8. The van der Waals surface area contributed by atoms with Gasteiger partial charge in [-0.1, -0.05) is 0 Å². The number of thiophene rings is 1. The molecule has 3 rings (SSSR count). The van der Waals surface area contributed by atoms with Gasteiger partial charge in [0.05, 0.1) is 19.9 Å². The Morgan fingerprint density at radius 1 is 1.29 bits per heavy atom. The number of anilines is 1. The number of ether oxygens (including phenoxy) is 2. The molecular weight excluding hydrogens is 290 g/mol. The highest BCUT2D eigenvalue weighted by Gasteiger charge is 2.29. The van der Waals surface area contributed by atoms with Crippen molar-refractivity contribution in [2.24, 2.45) is 0 Å². The van der Waals surface area contributed by atoms with Gasteiger partial charge in [0.25, 0.3) is 0 Å². The van der Waals surface area contributed by atoms with Crippen LogP contribution in [-0.4, -0.2) is 25.2 Å². The molecule has 2 heterocycles. The Labute approximate surface area is 126 Å². The maximum absolute atomic E-state index is 11.9. The van der Waals surface area contributed by atoms with E-state index < -0.39 is 0 Å². The average molecular weight is 305 g/mol. The van der Waals surface area contributed by atoms with Crippen LogP contribution in [0, 0.1) is 0 Å². The smallest absolute Gasteiger partial charge is 0.225 e. The second-order valence-corrected chi connectivity index (χ2v) is 5.73. The van der Waals surface area contributed by atoms with Gasteiger partial charge in [0.15, 0.2) is 11.5 Å². The second kappa shape index (κ2) is 5.29. The van der Waals surface area contributed by atoms with Gasteiger partial charge in [-0.15, -0.1) is 11.3 Å². The highest BCUT2D eigenvalue weighted by molar-refractivity contribution is 7.10. The van der Waals surface area contributed by atoms with Crippen molar-refractivity contribution < 1.29 is 19.4 Å². The zero-order valence-electron chi connectivity index (χ0n) is 11.7.